The first-order valence-corrected chi connectivity index (χ1v) is 6.14. The lowest BCUT2D eigenvalue weighted by atomic mass is 10.3. The molecule has 7 nitrogen and oxygen atoms in total. The molecule has 2 N–H and O–H groups in total. The van der Waals surface area contributed by atoms with Crippen molar-refractivity contribution >= 4 is 11.7 Å². The predicted octanol–water partition coefficient (Wildman–Crippen LogP) is 1.45. The number of nitrogens with one attached hydrogen (secondary N) is 2. The third-order valence-corrected chi connectivity index (χ3v) is 2.92. The van der Waals surface area contributed by atoms with Crippen molar-refractivity contribution in [2.24, 2.45) is 7.05 Å². The van der Waals surface area contributed by atoms with Crippen molar-refractivity contribution < 1.29 is 9.53 Å². The third-order valence-electron chi connectivity index (χ3n) is 2.92. The zero-order valence-electron chi connectivity index (χ0n) is 11.7. The Kier molecular flexibility index (Phi) is 4.19. The van der Waals surface area contributed by atoms with E-state index in [9.17, 15) is 4.79 Å². The number of benzene rings is 1. The van der Waals surface area contributed by atoms with Gasteiger partial charge in [0.1, 0.15) is 11.6 Å². The second-order valence-electron chi connectivity index (χ2n) is 4.26. The summed E-state index contributed by atoms with van der Waals surface area (Å²) in [6.07, 6.45) is 0. The number of urea groups is 1. The first-order valence-electron chi connectivity index (χ1n) is 6.14. The number of aromatic nitrogens is 3. The summed E-state index contributed by atoms with van der Waals surface area (Å²) in [5.74, 6) is 2.19. The molecular formula is C13H17N5O2. The zero-order chi connectivity index (χ0) is 14.5. The number of hydrogen-bond acceptors (Lipinski definition) is 4. The van der Waals surface area contributed by atoms with Crippen LogP contribution < -0.4 is 15.4 Å². The average molecular weight is 275 g/mol. The minimum Gasteiger partial charge on any atom is -0.497 e. The van der Waals surface area contributed by atoms with Crippen molar-refractivity contribution in [1.29, 1.82) is 0 Å². The number of methoxy groups -OCH3 is 1. The van der Waals surface area contributed by atoms with Gasteiger partial charge in [-0.2, -0.15) is 0 Å². The van der Waals surface area contributed by atoms with Crippen molar-refractivity contribution in [3.63, 3.8) is 0 Å². The third kappa shape index (κ3) is 3.25. The van der Waals surface area contributed by atoms with Gasteiger partial charge in [-0.05, 0) is 19.1 Å². The van der Waals surface area contributed by atoms with Crippen LogP contribution in [0.25, 0.3) is 0 Å². The van der Waals surface area contributed by atoms with Crippen molar-refractivity contribution in [2.45, 2.75) is 13.5 Å². The SMILES string of the molecule is COc1cccc(NC(=O)NCc2nnc(C)n2C)c1. The second kappa shape index (κ2) is 6.05. The number of anilines is 1. The standard InChI is InChI=1S/C13H17N5O2/c1-9-16-17-12(18(9)2)8-14-13(19)15-10-5-4-6-11(7-10)20-3/h4-7H,8H2,1-3H3,(H2,14,15,19). The van der Waals surface area contributed by atoms with E-state index >= 15 is 0 Å². The van der Waals surface area contributed by atoms with Crippen LogP contribution >= 0.6 is 0 Å². The molecule has 20 heavy (non-hydrogen) atoms. The number of carbonyl (C=O) groups excluding carboxylic acids is 1. The van der Waals surface area contributed by atoms with E-state index in [1.165, 1.54) is 0 Å². The molecule has 0 aliphatic heterocycles. The van der Waals surface area contributed by atoms with Crippen molar-refractivity contribution in [2.75, 3.05) is 12.4 Å². The Balaban J connectivity index is 1.90. The number of amides is 2. The summed E-state index contributed by atoms with van der Waals surface area (Å²) in [7, 11) is 3.43. The molecule has 0 radical (unpaired) electrons. The van der Waals surface area contributed by atoms with Gasteiger partial charge in [0.2, 0.25) is 0 Å². The molecule has 2 amide bonds. The molecule has 0 aliphatic rings. The molecule has 2 aromatic rings. The van der Waals surface area contributed by atoms with Gasteiger partial charge >= 0.3 is 6.03 Å². The van der Waals surface area contributed by atoms with Crippen LogP contribution in [0.4, 0.5) is 10.5 Å². The maximum Gasteiger partial charge on any atom is 0.319 e. The van der Waals surface area contributed by atoms with E-state index in [2.05, 4.69) is 20.8 Å². The highest BCUT2D eigenvalue weighted by Crippen LogP contribution is 2.16. The quantitative estimate of drug-likeness (QED) is 0.885. The van der Waals surface area contributed by atoms with Crippen LogP contribution in [-0.2, 0) is 13.6 Å². The lowest BCUT2D eigenvalue weighted by Crippen LogP contribution is -2.29. The maximum absolute atomic E-state index is 11.8. The van der Waals surface area contributed by atoms with Crippen LogP contribution in [-0.4, -0.2) is 27.9 Å². The molecule has 2 rings (SSSR count). The lowest BCUT2D eigenvalue weighted by Gasteiger charge is -2.08. The molecule has 0 aliphatic carbocycles. The Hall–Kier alpha value is -2.57. The molecule has 1 aromatic heterocycles. The van der Waals surface area contributed by atoms with Crippen LogP contribution in [0.15, 0.2) is 24.3 Å². The van der Waals surface area contributed by atoms with Crippen LogP contribution in [0.2, 0.25) is 0 Å². The van der Waals surface area contributed by atoms with Crippen LogP contribution in [0.5, 0.6) is 5.75 Å². The van der Waals surface area contributed by atoms with Crippen molar-refractivity contribution in [3.8, 4) is 5.75 Å². The molecular weight excluding hydrogens is 258 g/mol. The fourth-order valence-corrected chi connectivity index (χ4v) is 1.64. The van der Waals surface area contributed by atoms with Gasteiger partial charge in [0.15, 0.2) is 5.82 Å². The topological polar surface area (TPSA) is 81.1 Å². The number of rotatable bonds is 4. The highest BCUT2D eigenvalue weighted by Gasteiger charge is 2.07. The van der Waals surface area contributed by atoms with Crippen molar-refractivity contribution in [3.05, 3.63) is 35.9 Å². The second-order valence-corrected chi connectivity index (χ2v) is 4.26. The number of carbonyl (C=O) groups is 1. The molecule has 7 heteroatoms. The summed E-state index contributed by atoms with van der Waals surface area (Å²) < 4.78 is 6.92. The van der Waals surface area contributed by atoms with Gasteiger partial charge in [0, 0.05) is 18.8 Å². The molecule has 0 bridgehead atoms. The largest absolute Gasteiger partial charge is 0.497 e. The monoisotopic (exact) mass is 275 g/mol. The first kappa shape index (κ1) is 13.9. The fourth-order valence-electron chi connectivity index (χ4n) is 1.64. The Bertz CT molecular complexity index is 609. The van der Waals surface area contributed by atoms with Gasteiger partial charge in [-0.25, -0.2) is 4.79 Å². The number of nitrogens with zero attached hydrogens (tertiary/aromatic N) is 3. The summed E-state index contributed by atoms with van der Waals surface area (Å²) >= 11 is 0. The minimum atomic E-state index is -0.307. The van der Waals surface area contributed by atoms with E-state index in [1.807, 2.05) is 24.6 Å². The van der Waals surface area contributed by atoms with Crippen LogP contribution in [0, 0.1) is 6.92 Å². The number of hydrogen-bond donors (Lipinski definition) is 2. The Morgan fingerprint density at radius 1 is 1.40 bits per heavy atom. The van der Waals surface area contributed by atoms with Gasteiger partial charge in [-0.1, -0.05) is 6.07 Å². The van der Waals surface area contributed by atoms with E-state index in [0.717, 1.165) is 5.82 Å². The van der Waals surface area contributed by atoms with Crippen molar-refractivity contribution in [1.82, 2.24) is 20.1 Å². The molecule has 106 valence electrons. The summed E-state index contributed by atoms with van der Waals surface area (Å²) in [5, 5.41) is 13.3. The van der Waals surface area contributed by atoms with E-state index in [4.69, 9.17) is 4.74 Å². The average Bonchev–Trinajstić information content (AvgIpc) is 2.77. The molecule has 1 heterocycles. The minimum absolute atomic E-state index is 0.307. The van der Waals surface area contributed by atoms with E-state index in [1.54, 1.807) is 25.3 Å². The summed E-state index contributed by atoms with van der Waals surface area (Å²) in [6, 6.07) is 6.84. The van der Waals surface area contributed by atoms with Gasteiger partial charge in [-0.3, -0.25) is 0 Å². The van der Waals surface area contributed by atoms with Crippen LogP contribution in [0.1, 0.15) is 11.6 Å². The zero-order valence-corrected chi connectivity index (χ0v) is 11.7. The molecule has 0 fully saturated rings. The number of ether oxygens (including phenoxy) is 1. The number of aryl methyl sites for hydroxylation is 1. The molecule has 0 saturated carbocycles. The normalized spacial score (nSPS) is 10.2. The van der Waals surface area contributed by atoms with Gasteiger partial charge in [0.25, 0.3) is 0 Å². The Labute approximate surface area is 117 Å². The molecule has 1 aromatic carbocycles. The highest BCUT2D eigenvalue weighted by atomic mass is 16.5. The fraction of sp³-hybridized carbons (Fsp3) is 0.308. The molecule has 0 unspecified atom stereocenters. The van der Waals surface area contributed by atoms with E-state index in [0.29, 0.717) is 23.8 Å². The summed E-state index contributed by atoms with van der Waals surface area (Å²) in [4.78, 5) is 11.8. The molecule has 0 saturated heterocycles. The smallest absolute Gasteiger partial charge is 0.319 e. The Morgan fingerprint density at radius 2 is 2.20 bits per heavy atom. The maximum atomic E-state index is 11.8. The highest BCUT2D eigenvalue weighted by molar-refractivity contribution is 5.89. The molecule has 0 spiro atoms. The summed E-state index contributed by atoms with van der Waals surface area (Å²) in [6.45, 7) is 2.17. The predicted molar refractivity (Wildman–Crippen MR) is 74.6 cm³/mol. The Morgan fingerprint density at radius 3 is 2.85 bits per heavy atom. The summed E-state index contributed by atoms with van der Waals surface area (Å²) in [5.41, 5.74) is 0.663. The molecule has 0 atom stereocenters. The van der Waals surface area contributed by atoms with Gasteiger partial charge < -0.3 is 19.9 Å². The van der Waals surface area contributed by atoms with Gasteiger partial charge in [0.05, 0.1) is 13.7 Å². The van der Waals surface area contributed by atoms with Gasteiger partial charge in [-0.15, -0.1) is 10.2 Å². The first-order chi connectivity index (χ1) is 9.60. The van der Waals surface area contributed by atoms with E-state index in [-0.39, 0.29) is 6.03 Å². The van der Waals surface area contributed by atoms with Crippen LogP contribution in [0.3, 0.4) is 0 Å². The lowest BCUT2D eigenvalue weighted by molar-refractivity contribution is 0.251. The van der Waals surface area contributed by atoms with E-state index < -0.39 is 0 Å².